The minimum absolute atomic E-state index is 0.00439. The molecule has 2 atom stereocenters. The van der Waals surface area contributed by atoms with Gasteiger partial charge in [0.15, 0.2) is 0 Å². The number of aromatic nitrogens is 2. The number of hydrogen-bond acceptors (Lipinski definition) is 4. The van der Waals surface area contributed by atoms with Gasteiger partial charge in [-0.05, 0) is 42.5 Å². The van der Waals surface area contributed by atoms with E-state index in [0.29, 0.717) is 15.6 Å². The molecule has 17 heteroatoms. The summed E-state index contributed by atoms with van der Waals surface area (Å²) in [5.41, 5.74) is -6.04. The molecule has 0 saturated heterocycles. The molecule has 0 fully saturated rings. The first-order valence-electron chi connectivity index (χ1n) is 12.5. The van der Waals surface area contributed by atoms with Crippen molar-refractivity contribution in [3.8, 4) is 0 Å². The number of aliphatic hydroxyl groups is 1. The van der Waals surface area contributed by atoms with Crippen molar-refractivity contribution >= 4 is 45.8 Å². The van der Waals surface area contributed by atoms with Gasteiger partial charge in [0.2, 0.25) is 5.60 Å². The van der Waals surface area contributed by atoms with Crippen LogP contribution in [0.2, 0.25) is 5.02 Å². The molecule has 1 aromatic heterocycles. The van der Waals surface area contributed by atoms with Crippen molar-refractivity contribution in [2.45, 2.75) is 30.5 Å². The van der Waals surface area contributed by atoms with Gasteiger partial charge in [0, 0.05) is 27.1 Å². The summed E-state index contributed by atoms with van der Waals surface area (Å²) in [6.45, 7) is -2.99. The molecule has 0 radical (unpaired) electrons. The van der Waals surface area contributed by atoms with E-state index < -0.39 is 71.9 Å². The van der Waals surface area contributed by atoms with Crippen LogP contribution in [0.15, 0.2) is 48.7 Å². The third kappa shape index (κ3) is 4.68. The first-order valence-corrected chi connectivity index (χ1v) is 12.9. The molecule has 44 heavy (non-hydrogen) atoms. The van der Waals surface area contributed by atoms with Gasteiger partial charge in [0.1, 0.15) is 18.2 Å². The van der Waals surface area contributed by atoms with Gasteiger partial charge in [-0.15, -0.1) is 0 Å². The smallest absolute Gasteiger partial charge is 0.375 e. The van der Waals surface area contributed by atoms with Crippen LogP contribution in [0.3, 0.4) is 0 Å². The zero-order valence-electron chi connectivity index (χ0n) is 21.6. The number of carbonyl (C=O) groups excluding carboxylic acids is 2. The molecule has 3 amide bonds. The molecule has 0 aliphatic carbocycles. The summed E-state index contributed by atoms with van der Waals surface area (Å²) in [5, 5.41) is 19.0. The van der Waals surface area contributed by atoms with Crippen LogP contribution in [0.25, 0.3) is 10.9 Å². The minimum Gasteiger partial charge on any atom is -0.375 e. The van der Waals surface area contributed by atoms with Gasteiger partial charge >= 0.3 is 18.4 Å². The lowest BCUT2D eigenvalue weighted by Gasteiger charge is -2.27. The van der Waals surface area contributed by atoms with Gasteiger partial charge < -0.3 is 15.7 Å². The summed E-state index contributed by atoms with van der Waals surface area (Å²) in [4.78, 5) is 27.2. The Morgan fingerprint density at radius 2 is 1.77 bits per heavy atom. The Morgan fingerprint density at radius 1 is 1.09 bits per heavy atom. The molecule has 8 nitrogen and oxygen atoms in total. The Balaban J connectivity index is 1.51. The van der Waals surface area contributed by atoms with E-state index in [1.165, 1.54) is 6.07 Å². The van der Waals surface area contributed by atoms with Crippen LogP contribution in [-0.2, 0) is 12.1 Å². The second-order valence-corrected chi connectivity index (χ2v) is 10.6. The zero-order valence-corrected chi connectivity index (χ0v) is 22.4. The normalized spacial score (nSPS) is 19.7. The summed E-state index contributed by atoms with van der Waals surface area (Å²) in [6.07, 6.45) is -9.10. The molecule has 2 aliphatic heterocycles. The lowest BCUT2D eigenvalue weighted by Crippen LogP contribution is -2.48. The summed E-state index contributed by atoms with van der Waals surface area (Å²) in [5.74, 6) is -2.72. The molecule has 6 rings (SSSR count). The van der Waals surface area contributed by atoms with Crippen LogP contribution in [-0.4, -0.2) is 45.7 Å². The van der Waals surface area contributed by atoms with Crippen LogP contribution in [0, 0.1) is 11.6 Å². The molecular formula is C27H16ClF8N5O3. The Hall–Kier alpha value is -4.44. The highest BCUT2D eigenvalue weighted by Gasteiger charge is 2.61. The van der Waals surface area contributed by atoms with Crippen LogP contribution in [0.5, 0.6) is 0 Å². The molecule has 0 spiro atoms. The third-order valence-corrected chi connectivity index (χ3v) is 7.76. The number of nitrogens with zero attached hydrogens (tertiary/aromatic N) is 3. The maximum Gasteiger partial charge on any atom is 0.423 e. The second kappa shape index (κ2) is 9.79. The molecule has 0 saturated carbocycles. The highest BCUT2D eigenvalue weighted by atomic mass is 35.5. The minimum atomic E-state index is -5.34. The number of hydrogen-bond donors (Lipinski definition) is 3. The van der Waals surface area contributed by atoms with Crippen LogP contribution in [0.4, 0.5) is 51.3 Å². The van der Waals surface area contributed by atoms with E-state index in [0.717, 1.165) is 36.5 Å². The van der Waals surface area contributed by atoms with E-state index in [1.807, 2.05) is 0 Å². The number of rotatable bonds is 3. The van der Waals surface area contributed by atoms with Gasteiger partial charge in [0.05, 0.1) is 41.2 Å². The number of carbonyl (C=O) groups is 2. The van der Waals surface area contributed by atoms with E-state index in [9.17, 15) is 49.8 Å². The van der Waals surface area contributed by atoms with E-state index in [2.05, 4.69) is 15.7 Å². The highest BCUT2D eigenvalue weighted by molar-refractivity contribution is 6.31. The fourth-order valence-corrected chi connectivity index (χ4v) is 5.73. The average molecular weight is 646 g/mol. The van der Waals surface area contributed by atoms with Crippen LogP contribution in [0.1, 0.15) is 33.1 Å². The van der Waals surface area contributed by atoms with Gasteiger partial charge in [0.25, 0.3) is 5.91 Å². The monoisotopic (exact) mass is 645 g/mol. The fourth-order valence-electron chi connectivity index (χ4n) is 5.50. The predicted octanol–water partition coefficient (Wildman–Crippen LogP) is 6.17. The molecule has 4 aromatic rings. The van der Waals surface area contributed by atoms with E-state index in [1.54, 1.807) is 0 Å². The molecule has 3 aromatic carbocycles. The predicted molar refractivity (Wildman–Crippen MR) is 139 cm³/mol. The van der Waals surface area contributed by atoms with E-state index >= 15 is 0 Å². The van der Waals surface area contributed by atoms with Gasteiger partial charge in [-0.3, -0.25) is 14.4 Å². The fraction of sp³-hybridized carbons (Fsp3) is 0.222. The Morgan fingerprint density at radius 3 is 2.45 bits per heavy atom. The summed E-state index contributed by atoms with van der Waals surface area (Å²) in [7, 11) is 0. The molecule has 230 valence electrons. The van der Waals surface area contributed by atoms with E-state index in [4.69, 9.17) is 11.6 Å². The molecule has 0 bridgehead atoms. The molecule has 3 heterocycles. The van der Waals surface area contributed by atoms with Crippen molar-refractivity contribution in [3.05, 3.63) is 87.6 Å². The number of halogens is 9. The highest BCUT2D eigenvalue weighted by Crippen LogP contribution is 2.49. The molecular weight excluding hydrogens is 630 g/mol. The lowest BCUT2D eigenvalue weighted by atomic mass is 9.94. The maximum atomic E-state index is 14.2. The zero-order chi connectivity index (χ0) is 31.9. The number of amides is 3. The number of alkyl halides is 6. The van der Waals surface area contributed by atoms with Gasteiger partial charge in [-0.2, -0.15) is 31.4 Å². The second-order valence-electron chi connectivity index (χ2n) is 10.2. The number of benzene rings is 3. The van der Waals surface area contributed by atoms with Crippen LogP contribution >= 0.6 is 11.6 Å². The topological polar surface area (TPSA) is 99.5 Å². The first-order chi connectivity index (χ1) is 20.5. The van der Waals surface area contributed by atoms with Crippen LogP contribution < -0.4 is 15.5 Å². The Kier molecular flexibility index (Phi) is 6.59. The number of β-amino-alcohol motifs (C(OH)–C–C–N with tert-alkyl or cyclic N) is 1. The SMILES string of the molecule is O=C1N[C@H](c2cc(F)ccc2Cl)c2c(NC(=O)N3C[C@@](O)(C(F)(F)F)c4cc(F)ccc43)cc3c(cnn3CC(F)(F)F)c21. The van der Waals surface area contributed by atoms with Gasteiger partial charge in [-0.1, -0.05) is 11.6 Å². The van der Waals surface area contributed by atoms with Crippen molar-refractivity contribution in [2.24, 2.45) is 0 Å². The summed E-state index contributed by atoms with van der Waals surface area (Å²) < 4.78 is 110. The van der Waals surface area contributed by atoms with Crippen molar-refractivity contribution in [1.82, 2.24) is 15.1 Å². The Bertz CT molecular complexity index is 1870. The largest absolute Gasteiger partial charge is 0.423 e. The number of anilines is 2. The maximum absolute atomic E-state index is 14.2. The lowest BCUT2D eigenvalue weighted by molar-refractivity contribution is -0.258. The third-order valence-electron chi connectivity index (χ3n) is 7.42. The number of fused-ring (bicyclic) bond motifs is 4. The van der Waals surface area contributed by atoms with Crippen molar-refractivity contribution < 1.29 is 49.8 Å². The number of nitrogens with one attached hydrogen (secondary N) is 2. The molecule has 0 unspecified atom stereocenters. The first kappa shape index (κ1) is 29.6. The number of urea groups is 1. The summed E-state index contributed by atoms with van der Waals surface area (Å²) >= 11 is 6.27. The van der Waals surface area contributed by atoms with Crippen molar-refractivity contribution in [2.75, 3.05) is 16.8 Å². The molecule has 3 N–H and O–H groups in total. The van der Waals surface area contributed by atoms with Crippen molar-refractivity contribution in [3.63, 3.8) is 0 Å². The van der Waals surface area contributed by atoms with Crippen molar-refractivity contribution in [1.29, 1.82) is 0 Å². The van der Waals surface area contributed by atoms with Gasteiger partial charge in [-0.25, -0.2) is 13.6 Å². The Labute approximate surface area is 245 Å². The summed E-state index contributed by atoms with van der Waals surface area (Å²) in [6, 6.07) is 3.70. The van der Waals surface area contributed by atoms with E-state index in [-0.39, 0.29) is 38.3 Å². The quantitative estimate of drug-likeness (QED) is 0.232. The standard InChI is InChI=1S/C27H16ClF8N5O3/c28-16-3-1-11(29)5-13(16)22-21-17(7-19-14(20(21)23(42)39-22)8-37-41(19)10-26(31,32)33)38-24(43)40-9-25(44,27(34,35)36)15-6-12(30)2-4-18(15)40/h1-8,22,44H,9-10H2,(H,38,43)(H,39,42)/t22-,25+/m1/s1. The molecule has 2 aliphatic rings. The average Bonchev–Trinajstić information content (AvgIpc) is 3.57.